The van der Waals surface area contributed by atoms with Crippen molar-refractivity contribution in [3.63, 3.8) is 0 Å². The average Bonchev–Trinajstić information content (AvgIpc) is 3.47. The van der Waals surface area contributed by atoms with Crippen molar-refractivity contribution in [2.45, 2.75) is 0 Å². The highest BCUT2D eigenvalue weighted by atomic mass is 79.9. The van der Waals surface area contributed by atoms with Crippen molar-refractivity contribution in [1.82, 2.24) is 10.3 Å². The van der Waals surface area contributed by atoms with E-state index in [2.05, 4.69) is 26.6 Å². The smallest absolute Gasteiger partial charge is 0.293 e. The third-order valence-electron chi connectivity index (χ3n) is 5.01. The minimum absolute atomic E-state index is 0.0948. The summed E-state index contributed by atoms with van der Waals surface area (Å²) in [4.78, 5) is 17.5. The molecular weight excluding hydrogens is 589 g/mol. The number of benzene rings is 3. The maximum absolute atomic E-state index is 12.8. The van der Waals surface area contributed by atoms with Crippen molar-refractivity contribution in [3.05, 3.63) is 93.1 Å². The zero-order valence-corrected chi connectivity index (χ0v) is 22.4. The lowest BCUT2D eigenvalue weighted by Gasteiger charge is -2.12. The van der Waals surface area contributed by atoms with Gasteiger partial charge in [-0.2, -0.15) is 0 Å². The van der Waals surface area contributed by atoms with Crippen LogP contribution in [0.3, 0.4) is 0 Å². The number of halogens is 3. The molecule has 0 bridgehead atoms. The van der Waals surface area contributed by atoms with Crippen molar-refractivity contribution < 1.29 is 9.21 Å². The Hall–Kier alpha value is -2.75. The Kier molecular flexibility index (Phi) is 6.91. The lowest BCUT2D eigenvalue weighted by Crippen LogP contribution is -2.34. The molecule has 0 aliphatic rings. The molecule has 0 fully saturated rings. The SMILES string of the molecule is O=C(NC(=S)Nc1ccc(Br)cc1-c1nc2ccccc2s1)c1ccc(-c2ccc(Cl)cc2Cl)o1. The number of hydrogen-bond donors (Lipinski definition) is 2. The molecule has 0 radical (unpaired) electrons. The number of nitrogens with one attached hydrogen (secondary N) is 2. The summed E-state index contributed by atoms with van der Waals surface area (Å²) in [6.45, 7) is 0. The minimum atomic E-state index is -0.488. The Labute approximate surface area is 228 Å². The normalized spacial score (nSPS) is 10.9. The Balaban J connectivity index is 1.34. The third-order valence-corrected chi connectivity index (χ3v) is 7.32. The van der Waals surface area contributed by atoms with Crippen molar-refractivity contribution in [2.24, 2.45) is 0 Å². The Morgan fingerprint density at radius 3 is 2.63 bits per heavy atom. The molecule has 3 aromatic carbocycles. The predicted molar refractivity (Wildman–Crippen MR) is 151 cm³/mol. The average molecular weight is 603 g/mol. The second-order valence-corrected chi connectivity index (χ2v) is 10.6. The highest BCUT2D eigenvalue weighted by Gasteiger charge is 2.17. The van der Waals surface area contributed by atoms with Crippen LogP contribution >= 0.6 is 62.7 Å². The Bertz CT molecular complexity index is 1570. The van der Waals surface area contributed by atoms with Gasteiger partial charge in [0, 0.05) is 20.6 Å². The van der Waals surface area contributed by atoms with E-state index in [-0.39, 0.29) is 10.9 Å². The molecule has 0 unspecified atom stereocenters. The molecule has 2 N–H and O–H groups in total. The summed E-state index contributed by atoms with van der Waals surface area (Å²) in [5.74, 6) is 0.0524. The first kappa shape index (κ1) is 24.0. The second kappa shape index (κ2) is 10.1. The van der Waals surface area contributed by atoms with Gasteiger partial charge in [-0.05, 0) is 72.9 Å². The van der Waals surface area contributed by atoms with E-state index in [4.69, 9.17) is 44.8 Å². The van der Waals surface area contributed by atoms with Gasteiger partial charge < -0.3 is 9.73 Å². The summed E-state index contributed by atoms with van der Waals surface area (Å²) in [7, 11) is 0. The molecule has 0 aliphatic carbocycles. The quantitative estimate of drug-likeness (QED) is 0.202. The van der Waals surface area contributed by atoms with Gasteiger partial charge in [0.2, 0.25) is 0 Å². The van der Waals surface area contributed by atoms with Gasteiger partial charge in [0.1, 0.15) is 10.8 Å². The number of anilines is 1. The van der Waals surface area contributed by atoms with Gasteiger partial charge in [0.05, 0.1) is 20.9 Å². The molecule has 2 heterocycles. The second-order valence-electron chi connectivity index (χ2n) is 7.37. The van der Waals surface area contributed by atoms with Crippen LogP contribution in [-0.4, -0.2) is 16.0 Å². The number of hydrogen-bond acceptors (Lipinski definition) is 5. The summed E-state index contributed by atoms with van der Waals surface area (Å²) in [5.41, 5.74) is 3.12. The van der Waals surface area contributed by atoms with Crippen LogP contribution < -0.4 is 10.6 Å². The highest BCUT2D eigenvalue weighted by Crippen LogP contribution is 2.36. The zero-order chi connectivity index (χ0) is 24.5. The first-order chi connectivity index (χ1) is 16.9. The van der Waals surface area contributed by atoms with Crippen molar-refractivity contribution in [3.8, 4) is 21.9 Å². The number of fused-ring (bicyclic) bond motifs is 1. The van der Waals surface area contributed by atoms with Crippen LogP contribution in [0.5, 0.6) is 0 Å². The lowest BCUT2D eigenvalue weighted by molar-refractivity contribution is 0.0951. The first-order valence-electron chi connectivity index (χ1n) is 10.2. The summed E-state index contributed by atoms with van der Waals surface area (Å²) in [6.07, 6.45) is 0. The molecule has 0 spiro atoms. The van der Waals surface area contributed by atoms with Gasteiger partial charge in [-0.3, -0.25) is 10.1 Å². The van der Waals surface area contributed by atoms with Crippen LogP contribution in [0.25, 0.3) is 32.1 Å². The Morgan fingerprint density at radius 1 is 1.00 bits per heavy atom. The summed E-state index contributed by atoms with van der Waals surface area (Å²) >= 11 is 22.7. The predicted octanol–water partition coefficient (Wildman–Crippen LogP) is 8.42. The highest BCUT2D eigenvalue weighted by molar-refractivity contribution is 9.10. The van der Waals surface area contributed by atoms with Crippen LogP contribution in [0, 0.1) is 0 Å². The molecule has 0 aliphatic heterocycles. The molecule has 0 atom stereocenters. The fourth-order valence-corrected chi connectivity index (χ4v) is 5.46. The van der Waals surface area contributed by atoms with E-state index < -0.39 is 5.91 Å². The minimum Gasteiger partial charge on any atom is -0.451 e. The van der Waals surface area contributed by atoms with E-state index in [1.165, 1.54) is 0 Å². The van der Waals surface area contributed by atoms with Gasteiger partial charge in [0.25, 0.3) is 5.91 Å². The third kappa shape index (κ3) is 5.27. The molecule has 0 saturated heterocycles. The molecule has 5 aromatic rings. The van der Waals surface area contributed by atoms with Crippen molar-refractivity contribution in [1.29, 1.82) is 0 Å². The number of furan rings is 1. The van der Waals surface area contributed by atoms with E-state index in [9.17, 15) is 4.79 Å². The molecule has 0 saturated carbocycles. The van der Waals surface area contributed by atoms with Gasteiger partial charge in [-0.1, -0.05) is 51.3 Å². The topological polar surface area (TPSA) is 67.2 Å². The monoisotopic (exact) mass is 601 g/mol. The molecular formula is C25H14BrCl2N3O2S2. The van der Waals surface area contributed by atoms with E-state index >= 15 is 0 Å². The molecule has 5 nitrogen and oxygen atoms in total. The lowest BCUT2D eigenvalue weighted by atomic mass is 10.2. The van der Waals surface area contributed by atoms with Crippen LogP contribution in [-0.2, 0) is 0 Å². The van der Waals surface area contributed by atoms with Crippen molar-refractivity contribution in [2.75, 3.05) is 5.32 Å². The van der Waals surface area contributed by atoms with Gasteiger partial charge >= 0.3 is 0 Å². The molecule has 174 valence electrons. The maximum Gasteiger partial charge on any atom is 0.293 e. The standard InChI is InChI=1S/C25H14BrCl2N3O2S2/c26-13-5-8-18(16(11-13)24-29-19-3-1-2-4-22(19)35-24)30-25(34)31-23(32)21-10-9-20(33-21)15-7-6-14(27)12-17(15)28/h1-12H,(H2,30,31,32,34). The fourth-order valence-electron chi connectivity index (χ4n) is 3.40. The van der Waals surface area contributed by atoms with Crippen LogP contribution in [0.1, 0.15) is 10.6 Å². The number of rotatable bonds is 4. The Morgan fingerprint density at radius 2 is 1.83 bits per heavy atom. The fraction of sp³-hybridized carbons (Fsp3) is 0. The van der Waals surface area contributed by atoms with Crippen LogP contribution in [0.2, 0.25) is 10.0 Å². The molecule has 1 amide bonds. The van der Waals surface area contributed by atoms with Gasteiger partial charge in [0.15, 0.2) is 10.9 Å². The maximum atomic E-state index is 12.8. The number of carbonyl (C=O) groups excluding carboxylic acids is 1. The number of amides is 1. The summed E-state index contributed by atoms with van der Waals surface area (Å²) in [5, 5.41) is 7.66. The zero-order valence-electron chi connectivity index (χ0n) is 17.6. The number of thiazole rings is 1. The number of carbonyl (C=O) groups is 1. The van der Waals surface area contributed by atoms with E-state index in [1.54, 1.807) is 41.7 Å². The molecule has 35 heavy (non-hydrogen) atoms. The largest absolute Gasteiger partial charge is 0.451 e. The number of thiocarbonyl (C=S) groups is 1. The van der Waals surface area contributed by atoms with Crippen molar-refractivity contribution >= 4 is 89.6 Å². The van der Waals surface area contributed by atoms with Crippen LogP contribution in [0.15, 0.2) is 81.7 Å². The summed E-state index contributed by atoms with van der Waals surface area (Å²) in [6, 6.07) is 21.9. The van der Waals surface area contributed by atoms with Gasteiger partial charge in [-0.25, -0.2) is 4.98 Å². The summed E-state index contributed by atoms with van der Waals surface area (Å²) < 4.78 is 7.69. The van der Waals surface area contributed by atoms with E-state index in [1.807, 2.05) is 42.5 Å². The number of nitrogens with zero attached hydrogens (tertiary/aromatic N) is 1. The number of para-hydroxylation sites is 1. The van der Waals surface area contributed by atoms with Crippen LogP contribution in [0.4, 0.5) is 5.69 Å². The molecule has 5 rings (SSSR count). The molecule has 10 heteroatoms. The van der Waals surface area contributed by atoms with Gasteiger partial charge in [-0.15, -0.1) is 11.3 Å². The van der Waals surface area contributed by atoms with E-state index in [0.29, 0.717) is 27.1 Å². The molecule has 2 aromatic heterocycles. The number of aromatic nitrogens is 1. The van der Waals surface area contributed by atoms with E-state index in [0.717, 1.165) is 25.3 Å². The first-order valence-corrected chi connectivity index (χ1v) is 13.0.